The minimum Gasteiger partial charge on any atom is -0.389 e. The van der Waals surface area contributed by atoms with Crippen molar-refractivity contribution in [2.45, 2.75) is 44.2 Å². The summed E-state index contributed by atoms with van der Waals surface area (Å²) in [4.78, 5) is 9.77. The van der Waals surface area contributed by atoms with E-state index in [-0.39, 0.29) is 0 Å². The monoisotopic (exact) mass is 282 g/mol. The lowest BCUT2D eigenvalue weighted by Gasteiger charge is -2.32. The smallest absolute Gasteiger partial charge is 0.304 e. The van der Waals surface area contributed by atoms with Crippen LogP contribution in [-0.4, -0.2) is 22.2 Å². The number of benzene rings is 1. The molecule has 1 fully saturated rings. The van der Waals surface area contributed by atoms with Crippen molar-refractivity contribution < 1.29 is 14.4 Å². The van der Waals surface area contributed by atoms with Gasteiger partial charge in [0, 0.05) is 19.2 Å². The molecule has 6 heteroatoms. The summed E-state index contributed by atoms with van der Waals surface area (Å²) in [5, 5.41) is 23.9. The molecule has 20 heavy (non-hydrogen) atoms. The van der Waals surface area contributed by atoms with Gasteiger partial charge in [-0.3, -0.25) is 10.1 Å². The van der Waals surface area contributed by atoms with Gasteiger partial charge in [-0.05, 0) is 24.5 Å². The zero-order chi connectivity index (χ0) is 14.6. The second-order valence-electron chi connectivity index (χ2n) is 5.43. The van der Waals surface area contributed by atoms with Crippen molar-refractivity contribution in [3.63, 3.8) is 0 Å². The normalized spacial score (nSPS) is 17.9. The number of hydrogen-bond acceptors (Lipinski definition) is 4. The van der Waals surface area contributed by atoms with Crippen molar-refractivity contribution in [3.8, 4) is 0 Å². The summed E-state index contributed by atoms with van der Waals surface area (Å²) in [6.07, 6.45) is 4.80. The zero-order valence-corrected chi connectivity index (χ0v) is 11.3. The van der Waals surface area contributed by atoms with E-state index in [0.717, 1.165) is 38.2 Å². The lowest BCUT2D eigenvalue weighted by Crippen LogP contribution is -2.41. The van der Waals surface area contributed by atoms with Crippen molar-refractivity contribution in [2.24, 2.45) is 0 Å². The summed E-state index contributed by atoms with van der Waals surface area (Å²) < 4.78 is 13.4. The Balaban J connectivity index is 1.88. The third-order valence-corrected chi connectivity index (χ3v) is 3.78. The minimum absolute atomic E-state index is 0.386. The van der Waals surface area contributed by atoms with Gasteiger partial charge in [-0.15, -0.1) is 0 Å². The van der Waals surface area contributed by atoms with Crippen molar-refractivity contribution in [1.82, 2.24) is 5.32 Å². The van der Waals surface area contributed by atoms with Crippen LogP contribution < -0.4 is 5.32 Å². The van der Waals surface area contributed by atoms with E-state index in [1.165, 1.54) is 12.1 Å². The topological polar surface area (TPSA) is 75.4 Å². The number of rotatable bonds is 5. The van der Waals surface area contributed by atoms with Gasteiger partial charge >= 0.3 is 5.69 Å². The Hall–Kier alpha value is -1.53. The number of nitrogens with zero attached hydrogens (tertiary/aromatic N) is 1. The molecule has 2 rings (SSSR count). The standard InChI is InChI=1S/C14H19FN2O3/c15-12-8-11(4-5-13(12)17(19)20)9-16-10-14(18)6-2-1-3-7-14/h4-5,8,16,18H,1-3,6-7,9-10H2. The molecule has 5 nitrogen and oxygen atoms in total. The molecule has 0 saturated heterocycles. The number of nitrogens with one attached hydrogen (secondary N) is 1. The van der Waals surface area contributed by atoms with Crippen LogP contribution in [0, 0.1) is 15.9 Å². The highest BCUT2D eigenvalue weighted by Gasteiger charge is 2.28. The van der Waals surface area contributed by atoms with Crippen molar-refractivity contribution in [1.29, 1.82) is 0 Å². The van der Waals surface area contributed by atoms with Gasteiger partial charge in [-0.2, -0.15) is 4.39 Å². The Bertz CT molecular complexity index is 487. The summed E-state index contributed by atoms with van der Waals surface area (Å²) in [6, 6.07) is 3.86. The van der Waals surface area contributed by atoms with Crippen LogP contribution in [-0.2, 0) is 6.54 Å². The van der Waals surface area contributed by atoms with Gasteiger partial charge in [0.2, 0.25) is 5.82 Å². The Morgan fingerprint density at radius 1 is 1.35 bits per heavy atom. The van der Waals surface area contributed by atoms with Gasteiger partial charge in [0.05, 0.1) is 10.5 Å². The first-order valence-electron chi connectivity index (χ1n) is 6.86. The van der Waals surface area contributed by atoms with Crippen LogP contribution in [0.1, 0.15) is 37.7 Å². The number of nitro groups is 1. The molecular weight excluding hydrogens is 263 g/mol. The van der Waals surface area contributed by atoms with Crippen LogP contribution in [0.2, 0.25) is 0 Å². The summed E-state index contributed by atoms with van der Waals surface area (Å²) in [6.45, 7) is 0.850. The van der Waals surface area contributed by atoms with E-state index in [2.05, 4.69) is 5.32 Å². The fourth-order valence-corrected chi connectivity index (χ4v) is 2.63. The molecule has 0 aromatic heterocycles. The summed E-state index contributed by atoms with van der Waals surface area (Å²) in [7, 11) is 0. The van der Waals surface area contributed by atoms with E-state index < -0.39 is 22.0 Å². The van der Waals surface area contributed by atoms with E-state index in [0.29, 0.717) is 18.7 Å². The third-order valence-electron chi connectivity index (χ3n) is 3.78. The molecule has 0 spiro atoms. The maximum atomic E-state index is 13.4. The molecule has 0 aliphatic heterocycles. The maximum Gasteiger partial charge on any atom is 0.304 e. The molecule has 0 radical (unpaired) electrons. The third kappa shape index (κ3) is 3.74. The van der Waals surface area contributed by atoms with Crippen molar-refractivity contribution in [3.05, 3.63) is 39.7 Å². The summed E-state index contributed by atoms with van der Waals surface area (Å²) >= 11 is 0. The fourth-order valence-electron chi connectivity index (χ4n) is 2.63. The van der Waals surface area contributed by atoms with Gasteiger partial charge in [-0.1, -0.05) is 25.3 Å². The highest BCUT2D eigenvalue weighted by molar-refractivity contribution is 5.34. The Kier molecular flexibility index (Phi) is 4.67. The van der Waals surface area contributed by atoms with E-state index in [4.69, 9.17) is 0 Å². The van der Waals surface area contributed by atoms with Crippen molar-refractivity contribution in [2.75, 3.05) is 6.54 Å². The van der Waals surface area contributed by atoms with Crippen LogP contribution in [0.5, 0.6) is 0 Å². The lowest BCUT2D eigenvalue weighted by atomic mass is 9.85. The van der Waals surface area contributed by atoms with E-state index >= 15 is 0 Å². The molecule has 0 unspecified atom stereocenters. The Morgan fingerprint density at radius 2 is 2.05 bits per heavy atom. The highest BCUT2D eigenvalue weighted by atomic mass is 19.1. The van der Waals surface area contributed by atoms with Crippen molar-refractivity contribution >= 4 is 5.69 Å². The number of aliphatic hydroxyl groups is 1. The second kappa shape index (κ2) is 6.28. The first-order valence-corrected chi connectivity index (χ1v) is 6.86. The largest absolute Gasteiger partial charge is 0.389 e. The summed E-state index contributed by atoms with van der Waals surface area (Å²) in [5.41, 5.74) is -0.551. The lowest BCUT2D eigenvalue weighted by molar-refractivity contribution is -0.387. The average Bonchev–Trinajstić information content (AvgIpc) is 2.39. The van der Waals surface area contributed by atoms with Crippen LogP contribution in [0.15, 0.2) is 18.2 Å². The molecule has 0 bridgehead atoms. The number of nitro benzene ring substituents is 1. The van der Waals surface area contributed by atoms with Gasteiger partial charge in [-0.25, -0.2) is 0 Å². The highest BCUT2D eigenvalue weighted by Crippen LogP contribution is 2.27. The van der Waals surface area contributed by atoms with Crippen LogP contribution >= 0.6 is 0 Å². The number of hydrogen-bond donors (Lipinski definition) is 2. The molecule has 2 N–H and O–H groups in total. The molecule has 1 aliphatic rings. The molecular formula is C14H19FN2O3. The first kappa shape index (κ1) is 14.9. The van der Waals surface area contributed by atoms with E-state index in [1.54, 1.807) is 0 Å². The van der Waals surface area contributed by atoms with Gasteiger partial charge < -0.3 is 10.4 Å². The van der Waals surface area contributed by atoms with Gasteiger partial charge in [0.1, 0.15) is 0 Å². The molecule has 0 atom stereocenters. The quantitative estimate of drug-likeness (QED) is 0.642. The molecule has 1 saturated carbocycles. The predicted octanol–water partition coefficient (Wildman–Crippen LogP) is 2.52. The average molecular weight is 282 g/mol. The molecule has 110 valence electrons. The minimum atomic E-state index is -0.828. The maximum absolute atomic E-state index is 13.4. The molecule has 1 aliphatic carbocycles. The van der Waals surface area contributed by atoms with E-state index in [9.17, 15) is 19.6 Å². The second-order valence-corrected chi connectivity index (χ2v) is 5.43. The fraction of sp³-hybridized carbons (Fsp3) is 0.571. The SMILES string of the molecule is O=[N+]([O-])c1ccc(CNCC2(O)CCCCC2)cc1F. The van der Waals surface area contributed by atoms with Crippen LogP contribution in [0.4, 0.5) is 10.1 Å². The van der Waals surface area contributed by atoms with Gasteiger partial charge in [0.15, 0.2) is 0 Å². The zero-order valence-electron chi connectivity index (χ0n) is 11.3. The van der Waals surface area contributed by atoms with Crippen LogP contribution in [0.3, 0.4) is 0 Å². The predicted molar refractivity (Wildman–Crippen MR) is 72.8 cm³/mol. The molecule has 1 aromatic carbocycles. The van der Waals surface area contributed by atoms with Crippen LogP contribution in [0.25, 0.3) is 0 Å². The molecule has 1 aromatic rings. The Labute approximate surface area is 117 Å². The van der Waals surface area contributed by atoms with E-state index in [1.807, 2.05) is 0 Å². The molecule has 0 amide bonds. The summed E-state index contributed by atoms with van der Waals surface area (Å²) in [5.74, 6) is -0.828. The molecule has 0 heterocycles. The number of halogens is 1. The Morgan fingerprint density at radius 3 is 2.65 bits per heavy atom. The van der Waals surface area contributed by atoms with Gasteiger partial charge in [0.25, 0.3) is 0 Å². The first-order chi connectivity index (χ1) is 9.50.